The summed E-state index contributed by atoms with van der Waals surface area (Å²) in [5, 5.41) is 4.93. The van der Waals surface area contributed by atoms with E-state index in [0.717, 1.165) is 32.9 Å². The number of benzene rings is 1. The molecule has 0 bridgehead atoms. The third-order valence-electron chi connectivity index (χ3n) is 5.62. The minimum Gasteiger partial charge on any atom is -0.383 e. The molecule has 2 aromatic heterocycles. The molecular formula is C23H25ClN4OS. The minimum atomic E-state index is -0.0456. The molecule has 30 heavy (non-hydrogen) atoms. The van der Waals surface area contributed by atoms with E-state index < -0.39 is 0 Å². The van der Waals surface area contributed by atoms with Crippen LogP contribution in [0.4, 0.5) is 0 Å². The Morgan fingerprint density at radius 3 is 2.63 bits per heavy atom. The van der Waals surface area contributed by atoms with E-state index in [-0.39, 0.29) is 12.1 Å². The van der Waals surface area contributed by atoms with Crippen molar-refractivity contribution < 1.29 is 4.74 Å². The van der Waals surface area contributed by atoms with Crippen LogP contribution in [0, 0.1) is 13.8 Å². The van der Waals surface area contributed by atoms with Gasteiger partial charge in [0.2, 0.25) is 0 Å². The van der Waals surface area contributed by atoms with Crippen molar-refractivity contribution in [1.29, 1.82) is 0 Å². The number of methoxy groups -OCH3 is 1. The van der Waals surface area contributed by atoms with E-state index in [4.69, 9.17) is 28.6 Å². The second kappa shape index (κ2) is 8.76. The quantitative estimate of drug-likeness (QED) is 0.559. The number of ether oxygens (including phenoxy) is 1. The molecule has 5 nitrogen and oxygen atoms in total. The molecule has 0 unspecified atom stereocenters. The predicted molar refractivity (Wildman–Crippen MR) is 124 cm³/mol. The summed E-state index contributed by atoms with van der Waals surface area (Å²) in [6.07, 6.45) is 1.82. The van der Waals surface area contributed by atoms with Crippen molar-refractivity contribution in [3.8, 4) is 5.69 Å². The van der Waals surface area contributed by atoms with Gasteiger partial charge >= 0.3 is 0 Å². The minimum absolute atomic E-state index is 0.00462. The molecule has 0 spiro atoms. The van der Waals surface area contributed by atoms with Crippen molar-refractivity contribution in [2.75, 3.05) is 20.3 Å². The second-order valence-electron chi connectivity index (χ2n) is 7.43. The van der Waals surface area contributed by atoms with Crippen molar-refractivity contribution in [3.63, 3.8) is 0 Å². The number of rotatable bonds is 6. The molecule has 2 atom stereocenters. The van der Waals surface area contributed by atoms with Crippen molar-refractivity contribution in [1.82, 2.24) is 19.8 Å². The van der Waals surface area contributed by atoms with Gasteiger partial charge in [-0.05, 0) is 62.0 Å². The number of nitrogens with one attached hydrogen (secondary N) is 1. The van der Waals surface area contributed by atoms with Crippen LogP contribution in [0.5, 0.6) is 0 Å². The molecule has 1 N–H and O–H groups in total. The number of aromatic nitrogens is 2. The van der Waals surface area contributed by atoms with Gasteiger partial charge in [0.25, 0.3) is 0 Å². The smallest absolute Gasteiger partial charge is 0.170 e. The zero-order valence-corrected chi connectivity index (χ0v) is 18.9. The van der Waals surface area contributed by atoms with Gasteiger partial charge in [-0.15, -0.1) is 0 Å². The summed E-state index contributed by atoms with van der Waals surface area (Å²) in [7, 11) is 1.71. The Balaban J connectivity index is 1.83. The van der Waals surface area contributed by atoms with E-state index in [2.05, 4.69) is 39.7 Å². The van der Waals surface area contributed by atoms with Crippen LogP contribution < -0.4 is 5.32 Å². The van der Waals surface area contributed by atoms with Gasteiger partial charge in [-0.1, -0.05) is 29.8 Å². The average Bonchev–Trinajstić information content (AvgIpc) is 3.23. The second-order valence-corrected chi connectivity index (χ2v) is 8.22. The summed E-state index contributed by atoms with van der Waals surface area (Å²) < 4.78 is 7.57. The Morgan fingerprint density at radius 1 is 1.17 bits per heavy atom. The lowest BCUT2D eigenvalue weighted by Gasteiger charge is -2.28. The van der Waals surface area contributed by atoms with E-state index >= 15 is 0 Å². The van der Waals surface area contributed by atoms with Crippen molar-refractivity contribution in [2.24, 2.45) is 0 Å². The molecule has 7 heteroatoms. The van der Waals surface area contributed by atoms with Gasteiger partial charge in [0.1, 0.15) is 0 Å². The lowest BCUT2D eigenvalue weighted by atomic mass is 9.97. The predicted octanol–water partition coefficient (Wildman–Crippen LogP) is 4.76. The third kappa shape index (κ3) is 3.71. The SMILES string of the molecule is COCCN1C(=S)N[C@@H](c2ccccn2)[C@@H]1c1cc(C)n(-c2ccccc2Cl)c1C. The standard InChI is InChI=1S/C23H25ClN4OS/c1-15-14-17(16(2)28(15)20-10-5-4-8-18(20)24)22-21(19-9-6-7-11-25-19)26-23(30)27(22)12-13-29-3/h4-11,14,21-22H,12-13H2,1-3H3,(H,26,30)/t21-,22-/m0/s1. The first-order chi connectivity index (χ1) is 14.5. The molecule has 3 aromatic rings. The highest BCUT2D eigenvalue weighted by Gasteiger charge is 2.41. The van der Waals surface area contributed by atoms with E-state index in [1.165, 1.54) is 5.56 Å². The molecule has 156 valence electrons. The molecule has 0 saturated carbocycles. The van der Waals surface area contributed by atoms with Crippen LogP contribution in [0.25, 0.3) is 5.69 Å². The Bertz CT molecular complexity index is 1050. The largest absolute Gasteiger partial charge is 0.383 e. The Morgan fingerprint density at radius 2 is 1.93 bits per heavy atom. The maximum absolute atomic E-state index is 6.53. The Labute approximate surface area is 187 Å². The maximum atomic E-state index is 6.53. The molecule has 0 aliphatic carbocycles. The lowest BCUT2D eigenvalue weighted by Crippen LogP contribution is -2.32. The number of para-hydroxylation sites is 1. The van der Waals surface area contributed by atoms with Gasteiger partial charge in [-0.3, -0.25) is 4.98 Å². The third-order valence-corrected chi connectivity index (χ3v) is 6.29. The van der Waals surface area contributed by atoms with Crippen molar-refractivity contribution in [2.45, 2.75) is 25.9 Å². The summed E-state index contributed by atoms with van der Waals surface area (Å²) in [5.74, 6) is 0. The monoisotopic (exact) mass is 440 g/mol. The number of thiocarbonyl (C=S) groups is 1. The van der Waals surface area contributed by atoms with Gasteiger partial charge in [-0.2, -0.15) is 0 Å². The molecule has 1 saturated heterocycles. The summed E-state index contributed by atoms with van der Waals surface area (Å²) in [6.45, 7) is 5.54. The number of aryl methyl sites for hydroxylation is 1. The summed E-state index contributed by atoms with van der Waals surface area (Å²) in [6, 6.07) is 16.1. The fourth-order valence-corrected chi connectivity index (χ4v) is 4.82. The molecule has 1 aromatic carbocycles. The van der Waals surface area contributed by atoms with Crippen LogP contribution in [-0.4, -0.2) is 39.8 Å². The summed E-state index contributed by atoms with van der Waals surface area (Å²) in [5.41, 5.74) is 5.41. The molecule has 4 rings (SSSR count). The Hall–Kier alpha value is -2.41. The van der Waals surface area contributed by atoms with Crippen LogP contribution in [0.15, 0.2) is 54.7 Å². The number of pyridine rings is 1. The zero-order valence-electron chi connectivity index (χ0n) is 17.3. The first kappa shape index (κ1) is 20.8. The number of hydrogen-bond donors (Lipinski definition) is 1. The highest BCUT2D eigenvalue weighted by atomic mass is 35.5. The number of nitrogens with zero attached hydrogens (tertiary/aromatic N) is 3. The summed E-state index contributed by atoms with van der Waals surface area (Å²) in [4.78, 5) is 6.81. The fourth-order valence-electron chi connectivity index (χ4n) is 4.27. The van der Waals surface area contributed by atoms with E-state index in [9.17, 15) is 0 Å². The first-order valence-electron chi connectivity index (χ1n) is 9.93. The van der Waals surface area contributed by atoms with Crippen LogP contribution in [0.1, 0.15) is 34.7 Å². The number of hydrogen-bond acceptors (Lipinski definition) is 3. The van der Waals surface area contributed by atoms with Crippen LogP contribution in [0.2, 0.25) is 5.02 Å². The average molecular weight is 441 g/mol. The highest BCUT2D eigenvalue weighted by Crippen LogP contribution is 2.41. The van der Waals surface area contributed by atoms with Gasteiger partial charge in [0.05, 0.1) is 35.1 Å². The van der Waals surface area contributed by atoms with Gasteiger partial charge < -0.3 is 19.5 Å². The van der Waals surface area contributed by atoms with E-state index in [0.29, 0.717) is 13.2 Å². The molecule has 1 fully saturated rings. The van der Waals surface area contributed by atoms with Gasteiger partial charge in [-0.25, -0.2) is 0 Å². The molecule has 0 radical (unpaired) electrons. The topological polar surface area (TPSA) is 42.3 Å². The fraction of sp³-hybridized carbons (Fsp3) is 0.304. The number of halogens is 1. The van der Waals surface area contributed by atoms with Crippen molar-refractivity contribution in [3.05, 3.63) is 82.4 Å². The molecule has 0 amide bonds. The van der Waals surface area contributed by atoms with E-state index in [1.807, 2.05) is 48.7 Å². The highest BCUT2D eigenvalue weighted by molar-refractivity contribution is 7.80. The molecular weight excluding hydrogens is 416 g/mol. The first-order valence-corrected chi connectivity index (χ1v) is 10.7. The lowest BCUT2D eigenvalue weighted by molar-refractivity contribution is 0.164. The normalized spacial score (nSPS) is 18.7. The van der Waals surface area contributed by atoms with E-state index in [1.54, 1.807) is 7.11 Å². The van der Waals surface area contributed by atoms with Crippen LogP contribution in [0.3, 0.4) is 0 Å². The maximum Gasteiger partial charge on any atom is 0.170 e. The summed E-state index contributed by atoms with van der Waals surface area (Å²) >= 11 is 12.2. The Kier molecular flexibility index (Phi) is 6.09. The molecule has 1 aliphatic rings. The molecule has 3 heterocycles. The van der Waals surface area contributed by atoms with Crippen LogP contribution >= 0.6 is 23.8 Å². The van der Waals surface area contributed by atoms with Crippen molar-refractivity contribution >= 4 is 28.9 Å². The molecule has 1 aliphatic heterocycles. The van der Waals surface area contributed by atoms with Crippen LogP contribution in [-0.2, 0) is 4.74 Å². The van der Waals surface area contributed by atoms with Gasteiger partial charge in [0, 0.05) is 31.2 Å². The van der Waals surface area contributed by atoms with Gasteiger partial charge in [0.15, 0.2) is 5.11 Å². The zero-order chi connectivity index (χ0) is 21.3.